The van der Waals surface area contributed by atoms with E-state index in [4.69, 9.17) is 0 Å². The van der Waals surface area contributed by atoms with Crippen molar-refractivity contribution in [2.24, 2.45) is 11.3 Å². The maximum Gasteiger partial charge on any atom is 0.161 e. The SMILES string of the molecule is CCCCC(=O)CCCC(=O)[C@H](O)C(C)(C)CC(C)C. The van der Waals surface area contributed by atoms with Crippen LogP contribution in [0.5, 0.6) is 0 Å². The lowest BCUT2D eigenvalue weighted by Crippen LogP contribution is -2.37. The minimum atomic E-state index is -0.921. The number of carbonyl (C=O) groups is 2. The van der Waals surface area contributed by atoms with E-state index in [1.165, 1.54) is 0 Å². The fourth-order valence-corrected chi connectivity index (χ4v) is 2.70. The lowest BCUT2D eigenvalue weighted by Gasteiger charge is -2.31. The molecule has 3 heteroatoms. The van der Waals surface area contributed by atoms with E-state index in [-0.39, 0.29) is 11.6 Å². The van der Waals surface area contributed by atoms with E-state index in [9.17, 15) is 14.7 Å². The Hall–Kier alpha value is -0.700. The van der Waals surface area contributed by atoms with Crippen molar-refractivity contribution < 1.29 is 14.7 Å². The Kier molecular flexibility index (Phi) is 8.95. The predicted molar refractivity (Wildman–Crippen MR) is 82.6 cm³/mol. The van der Waals surface area contributed by atoms with E-state index >= 15 is 0 Å². The maximum atomic E-state index is 12.0. The van der Waals surface area contributed by atoms with Gasteiger partial charge >= 0.3 is 0 Å². The van der Waals surface area contributed by atoms with E-state index in [0.717, 1.165) is 19.3 Å². The van der Waals surface area contributed by atoms with Crippen molar-refractivity contribution in [2.75, 3.05) is 0 Å². The summed E-state index contributed by atoms with van der Waals surface area (Å²) in [5.41, 5.74) is -0.391. The molecule has 0 aliphatic carbocycles. The van der Waals surface area contributed by atoms with E-state index in [1.54, 1.807) is 0 Å². The smallest absolute Gasteiger partial charge is 0.161 e. The molecule has 0 unspecified atom stereocenters. The molecule has 0 aromatic heterocycles. The quantitative estimate of drug-likeness (QED) is 0.625. The third-order valence-corrected chi connectivity index (χ3v) is 3.67. The first-order valence-corrected chi connectivity index (χ1v) is 7.93. The van der Waals surface area contributed by atoms with Crippen molar-refractivity contribution in [1.29, 1.82) is 0 Å². The van der Waals surface area contributed by atoms with Crippen molar-refractivity contribution in [3.8, 4) is 0 Å². The molecule has 0 saturated carbocycles. The van der Waals surface area contributed by atoms with Gasteiger partial charge in [0.2, 0.25) is 0 Å². The summed E-state index contributed by atoms with van der Waals surface area (Å²) in [5, 5.41) is 10.2. The molecule has 0 radical (unpaired) electrons. The standard InChI is InChI=1S/C17H32O3/c1-6-7-9-14(18)10-8-11-15(19)16(20)17(4,5)12-13(2)3/h13,16,20H,6-12H2,1-5H3/t16-/m0/s1. The van der Waals surface area contributed by atoms with Gasteiger partial charge < -0.3 is 5.11 Å². The first-order chi connectivity index (χ1) is 9.20. The lowest BCUT2D eigenvalue weighted by atomic mass is 9.77. The summed E-state index contributed by atoms with van der Waals surface area (Å²) in [4.78, 5) is 23.5. The Bertz CT molecular complexity index is 305. The number of Topliss-reactive ketones (excluding diaryl/α,β-unsaturated/α-hetero) is 2. The van der Waals surface area contributed by atoms with Crippen LogP contribution in [-0.4, -0.2) is 22.8 Å². The summed E-state index contributed by atoms with van der Waals surface area (Å²) in [6.07, 6.45) is 3.79. The zero-order valence-electron chi connectivity index (χ0n) is 13.9. The zero-order valence-corrected chi connectivity index (χ0v) is 13.9. The molecule has 0 aromatic rings. The van der Waals surface area contributed by atoms with Crippen LogP contribution >= 0.6 is 0 Å². The molecule has 118 valence electrons. The molecular formula is C17H32O3. The van der Waals surface area contributed by atoms with Gasteiger partial charge in [0.1, 0.15) is 11.9 Å². The van der Waals surface area contributed by atoms with E-state index in [2.05, 4.69) is 20.8 Å². The number of unbranched alkanes of at least 4 members (excludes halogenated alkanes) is 1. The molecule has 1 atom stereocenters. The summed E-state index contributed by atoms with van der Waals surface area (Å²) in [7, 11) is 0. The van der Waals surface area contributed by atoms with E-state index < -0.39 is 11.5 Å². The predicted octanol–water partition coefficient (Wildman–Crippen LogP) is 3.92. The van der Waals surface area contributed by atoms with Crippen LogP contribution in [0.1, 0.15) is 79.6 Å². The Morgan fingerprint density at radius 2 is 1.60 bits per heavy atom. The van der Waals surface area contributed by atoms with Crippen LogP contribution in [0.4, 0.5) is 0 Å². The summed E-state index contributed by atoms with van der Waals surface area (Å²) in [6.45, 7) is 10.1. The van der Waals surface area contributed by atoms with E-state index in [1.807, 2.05) is 13.8 Å². The van der Waals surface area contributed by atoms with Gasteiger partial charge in [-0.25, -0.2) is 0 Å². The minimum Gasteiger partial charge on any atom is -0.385 e. The Morgan fingerprint density at radius 1 is 1.05 bits per heavy atom. The zero-order chi connectivity index (χ0) is 15.8. The Morgan fingerprint density at radius 3 is 2.10 bits per heavy atom. The van der Waals surface area contributed by atoms with Crippen LogP contribution < -0.4 is 0 Å². The second-order valence-electron chi connectivity index (χ2n) is 6.95. The average molecular weight is 284 g/mol. The number of hydrogen-bond acceptors (Lipinski definition) is 3. The summed E-state index contributed by atoms with van der Waals surface area (Å²) in [5.74, 6) is 0.553. The molecule has 0 fully saturated rings. The highest BCUT2D eigenvalue weighted by atomic mass is 16.3. The molecule has 0 aliphatic rings. The first-order valence-electron chi connectivity index (χ1n) is 7.93. The fourth-order valence-electron chi connectivity index (χ4n) is 2.70. The number of ketones is 2. The number of hydrogen-bond donors (Lipinski definition) is 1. The highest BCUT2D eigenvalue weighted by Gasteiger charge is 2.33. The molecule has 3 nitrogen and oxygen atoms in total. The molecule has 0 amide bonds. The third-order valence-electron chi connectivity index (χ3n) is 3.67. The van der Waals surface area contributed by atoms with Crippen LogP contribution in [0.15, 0.2) is 0 Å². The van der Waals surface area contributed by atoms with Gasteiger partial charge in [0.15, 0.2) is 5.78 Å². The lowest BCUT2D eigenvalue weighted by molar-refractivity contribution is -0.133. The molecule has 1 N–H and O–H groups in total. The molecule has 0 bridgehead atoms. The number of carbonyl (C=O) groups excluding carboxylic acids is 2. The second-order valence-corrected chi connectivity index (χ2v) is 6.95. The first kappa shape index (κ1) is 19.3. The van der Waals surface area contributed by atoms with Gasteiger partial charge in [-0.1, -0.05) is 41.0 Å². The Labute approximate surface area is 124 Å². The number of aliphatic hydroxyl groups is 1. The minimum absolute atomic E-state index is 0.126. The van der Waals surface area contributed by atoms with Gasteiger partial charge in [-0.3, -0.25) is 9.59 Å². The monoisotopic (exact) mass is 284 g/mol. The van der Waals surface area contributed by atoms with Gasteiger partial charge in [-0.05, 0) is 30.6 Å². The van der Waals surface area contributed by atoms with Crippen LogP contribution in [-0.2, 0) is 9.59 Å². The Balaban J connectivity index is 4.11. The van der Waals surface area contributed by atoms with Gasteiger partial charge in [0, 0.05) is 19.3 Å². The molecule has 0 aliphatic heterocycles. The number of rotatable bonds is 11. The normalized spacial score (nSPS) is 13.6. The summed E-state index contributed by atoms with van der Waals surface area (Å²) >= 11 is 0. The van der Waals surface area contributed by atoms with Crippen molar-refractivity contribution in [3.63, 3.8) is 0 Å². The van der Waals surface area contributed by atoms with Crippen molar-refractivity contribution in [2.45, 2.75) is 85.7 Å². The molecule has 0 saturated heterocycles. The largest absolute Gasteiger partial charge is 0.385 e. The van der Waals surface area contributed by atoms with E-state index in [0.29, 0.717) is 31.6 Å². The average Bonchev–Trinajstić information content (AvgIpc) is 2.33. The third kappa shape index (κ3) is 7.78. The van der Waals surface area contributed by atoms with Crippen molar-refractivity contribution in [1.82, 2.24) is 0 Å². The van der Waals surface area contributed by atoms with Crippen LogP contribution in [0.3, 0.4) is 0 Å². The van der Waals surface area contributed by atoms with Crippen LogP contribution in [0.2, 0.25) is 0 Å². The topological polar surface area (TPSA) is 54.4 Å². The maximum absolute atomic E-state index is 12.0. The second kappa shape index (κ2) is 9.28. The highest BCUT2D eigenvalue weighted by molar-refractivity contribution is 5.84. The summed E-state index contributed by atoms with van der Waals surface area (Å²) in [6, 6.07) is 0. The van der Waals surface area contributed by atoms with Crippen molar-refractivity contribution in [3.05, 3.63) is 0 Å². The van der Waals surface area contributed by atoms with Crippen molar-refractivity contribution >= 4 is 11.6 Å². The van der Waals surface area contributed by atoms with Crippen LogP contribution in [0, 0.1) is 11.3 Å². The molecule has 20 heavy (non-hydrogen) atoms. The van der Waals surface area contributed by atoms with Crippen LogP contribution in [0.25, 0.3) is 0 Å². The summed E-state index contributed by atoms with van der Waals surface area (Å²) < 4.78 is 0. The molecule has 0 aromatic carbocycles. The molecule has 0 spiro atoms. The fraction of sp³-hybridized carbons (Fsp3) is 0.882. The number of aliphatic hydroxyl groups excluding tert-OH is 1. The highest BCUT2D eigenvalue weighted by Crippen LogP contribution is 2.30. The molecule has 0 heterocycles. The van der Waals surface area contributed by atoms with Gasteiger partial charge in [0.05, 0.1) is 0 Å². The van der Waals surface area contributed by atoms with Gasteiger partial charge in [-0.2, -0.15) is 0 Å². The molecular weight excluding hydrogens is 252 g/mol. The van der Waals surface area contributed by atoms with Gasteiger partial charge in [-0.15, -0.1) is 0 Å². The van der Waals surface area contributed by atoms with Gasteiger partial charge in [0.25, 0.3) is 0 Å². The molecule has 0 rings (SSSR count).